The molecule has 44 heavy (non-hydrogen) atoms. The van der Waals surface area contributed by atoms with Gasteiger partial charge < -0.3 is 19.1 Å². The summed E-state index contributed by atoms with van der Waals surface area (Å²) in [6, 6.07) is 22.4. The van der Waals surface area contributed by atoms with Gasteiger partial charge in [-0.1, -0.05) is 54.6 Å². The van der Waals surface area contributed by atoms with Gasteiger partial charge in [-0.25, -0.2) is 8.42 Å². The molecule has 8 heteroatoms. The Kier molecular flexibility index (Phi) is 9.23. The zero-order valence-corrected chi connectivity index (χ0v) is 26.7. The van der Waals surface area contributed by atoms with E-state index in [0.29, 0.717) is 31.2 Å². The summed E-state index contributed by atoms with van der Waals surface area (Å²) in [4.78, 5) is 2.71. The number of allylic oxidation sites excluding steroid dienone is 3. The Labute approximate surface area is 261 Å². The number of sulfonamides is 1. The summed E-state index contributed by atoms with van der Waals surface area (Å²) >= 11 is 0. The monoisotopic (exact) mass is 614 g/mol. The van der Waals surface area contributed by atoms with Crippen LogP contribution in [0.1, 0.15) is 43.4 Å². The quantitative estimate of drug-likeness (QED) is 0.320. The standard InChI is InChI=1S/C36H42N2O5S/c1-26-24-37(25-27(2)43-26)30-16-12-29(13-17-30)33-8-5-4-6-9-34-32(10-7-11-35(34)36(33)41-3)28-14-18-31(19-15-28)44(39,40)38-20-22-42-23-21-38/h5,7-8,10-19,26-27H,4,6,9,20-25H2,1-3H3/b8-5-,36-33-/t26-,27?/m0/s1. The second-order valence-corrected chi connectivity index (χ2v) is 13.8. The van der Waals surface area contributed by atoms with Crippen LogP contribution in [0.2, 0.25) is 0 Å². The molecule has 2 atom stereocenters. The highest BCUT2D eigenvalue weighted by Crippen LogP contribution is 2.37. The molecule has 232 valence electrons. The van der Waals surface area contributed by atoms with Gasteiger partial charge in [-0.05, 0) is 79.6 Å². The van der Waals surface area contributed by atoms with Crippen LogP contribution in [-0.2, 0) is 30.7 Å². The molecule has 0 N–H and O–H groups in total. The highest BCUT2D eigenvalue weighted by Gasteiger charge is 2.27. The van der Waals surface area contributed by atoms with E-state index >= 15 is 0 Å². The molecule has 3 aromatic rings. The van der Waals surface area contributed by atoms with E-state index in [1.807, 2.05) is 12.1 Å². The van der Waals surface area contributed by atoms with Crippen LogP contribution < -0.4 is 4.90 Å². The van der Waals surface area contributed by atoms with Gasteiger partial charge in [0.2, 0.25) is 10.0 Å². The second kappa shape index (κ2) is 13.3. The Morgan fingerprint density at radius 3 is 2.18 bits per heavy atom. The second-order valence-electron chi connectivity index (χ2n) is 11.8. The predicted molar refractivity (Wildman–Crippen MR) is 176 cm³/mol. The van der Waals surface area contributed by atoms with Gasteiger partial charge >= 0.3 is 0 Å². The summed E-state index contributed by atoms with van der Waals surface area (Å²) in [6.07, 6.45) is 7.68. The van der Waals surface area contributed by atoms with Crippen molar-refractivity contribution >= 4 is 27.0 Å². The maximum atomic E-state index is 13.2. The van der Waals surface area contributed by atoms with Crippen molar-refractivity contribution in [2.75, 3.05) is 51.4 Å². The van der Waals surface area contributed by atoms with E-state index in [9.17, 15) is 8.42 Å². The Bertz CT molecular complexity index is 1610. The summed E-state index contributed by atoms with van der Waals surface area (Å²) < 4.78 is 45.4. The van der Waals surface area contributed by atoms with Crippen molar-refractivity contribution in [3.8, 4) is 11.1 Å². The number of morpholine rings is 2. The molecular formula is C36H42N2O5S. The van der Waals surface area contributed by atoms with Crippen molar-refractivity contribution in [1.29, 1.82) is 0 Å². The van der Waals surface area contributed by atoms with E-state index in [-0.39, 0.29) is 12.2 Å². The van der Waals surface area contributed by atoms with Crippen molar-refractivity contribution in [2.24, 2.45) is 0 Å². The Morgan fingerprint density at radius 1 is 0.841 bits per heavy atom. The highest BCUT2D eigenvalue weighted by molar-refractivity contribution is 7.89. The van der Waals surface area contributed by atoms with Crippen LogP contribution in [0.3, 0.4) is 0 Å². The lowest BCUT2D eigenvalue weighted by Gasteiger charge is -2.37. The lowest BCUT2D eigenvalue weighted by Crippen LogP contribution is -2.45. The Balaban J connectivity index is 1.35. The molecule has 1 aliphatic carbocycles. The first-order valence-electron chi connectivity index (χ1n) is 15.6. The normalized spacial score (nSPS) is 24.1. The molecule has 2 aliphatic heterocycles. The molecule has 3 aliphatic rings. The molecule has 0 saturated carbocycles. The van der Waals surface area contributed by atoms with E-state index in [1.165, 1.54) is 15.6 Å². The number of benzene rings is 3. The summed E-state index contributed by atoms with van der Waals surface area (Å²) in [5.74, 6) is 0.841. The third kappa shape index (κ3) is 6.35. The van der Waals surface area contributed by atoms with E-state index in [1.54, 1.807) is 19.2 Å². The summed E-state index contributed by atoms with van der Waals surface area (Å²) in [5, 5.41) is 0. The van der Waals surface area contributed by atoms with Crippen molar-refractivity contribution in [1.82, 2.24) is 4.31 Å². The molecule has 2 fully saturated rings. The third-order valence-electron chi connectivity index (χ3n) is 8.69. The van der Waals surface area contributed by atoms with Crippen LogP contribution in [0.4, 0.5) is 5.69 Å². The number of fused-ring (bicyclic) bond motifs is 1. The molecule has 2 heterocycles. The van der Waals surface area contributed by atoms with Crippen LogP contribution in [0.5, 0.6) is 0 Å². The molecule has 0 amide bonds. The Hall–Kier alpha value is -3.43. The average Bonchev–Trinajstić information content (AvgIpc) is 3.13. The summed E-state index contributed by atoms with van der Waals surface area (Å²) in [7, 11) is -1.81. The molecule has 7 nitrogen and oxygen atoms in total. The number of ether oxygens (including phenoxy) is 3. The van der Waals surface area contributed by atoms with Gasteiger partial charge in [-0.15, -0.1) is 0 Å². The van der Waals surface area contributed by atoms with Crippen LogP contribution in [0.25, 0.3) is 22.5 Å². The number of anilines is 1. The van der Waals surface area contributed by atoms with Crippen LogP contribution >= 0.6 is 0 Å². The number of nitrogens with zero attached hydrogens (tertiary/aromatic N) is 2. The lowest BCUT2D eigenvalue weighted by atomic mass is 9.90. The van der Waals surface area contributed by atoms with Crippen LogP contribution in [0.15, 0.2) is 83.8 Å². The first-order chi connectivity index (χ1) is 21.3. The van der Waals surface area contributed by atoms with Crippen molar-refractivity contribution in [2.45, 2.75) is 50.2 Å². The van der Waals surface area contributed by atoms with Gasteiger partial charge in [0.25, 0.3) is 0 Å². The number of methoxy groups -OCH3 is 1. The van der Waals surface area contributed by atoms with Crippen molar-refractivity contribution in [3.63, 3.8) is 0 Å². The summed E-state index contributed by atoms with van der Waals surface area (Å²) in [6.45, 7) is 7.63. The zero-order valence-electron chi connectivity index (χ0n) is 25.9. The number of hydrogen-bond donors (Lipinski definition) is 0. The fraction of sp³-hybridized carbons (Fsp3) is 0.389. The fourth-order valence-electron chi connectivity index (χ4n) is 6.59. The van der Waals surface area contributed by atoms with Gasteiger partial charge in [-0.2, -0.15) is 4.31 Å². The molecule has 0 aromatic heterocycles. The smallest absolute Gasteiger partial charge is 0.243 e. The van der Waals surface area contributed by atoms with Gasteiger partial charge in [0.1, 0.15) is 5.76 Å². The van der Waals surface area contributed by atoms with Gasteiger partial charge in [0.15, 0.2) is 0 Å². The van der Waals surface area contributed by atoms with Crippen molar-refractivity contribution in [3.05, 3.63) is 95.6 Å². The molecule has 2 saturated heterocycles. The minimum Gasteiger partial charge on any atom is -0.495 e. The van der Waals surface area contributed by atoms with Gasteiger partial charge in [0.05, 0.1) is 37.4 Å². The van der Waals surface area contributed by atoms with E-state index in [0.717, 1.165) is 65.9 Å². The molecule has 3 aromatic carbocycles. The molecule has 0 bridgehead atoms. The highest BCUT2D eigenvalue weighted by atomic mass is 32.2. The van der Waals surface area contributed by atoms with Crippen LogP contribution in [-0.4, -0.2) is 71.4 Å². The number of hydrogen-bond acceptors (Lipinski definition) is 6. The molecule has 6 rings (SSSR count). The number of rotatable bonds is 6. The minimum atomic E-state index is -3.55. The molecule has 0 radical (unpaired) electrons. The van der Waals surface area contributed by atoms with E-state index in [4.69, 9.17) is 14.2 Å². The average molecular weight is 615 g/mol. The first kappa shape index (κ1) is 30.6. The largest absolute Gasteiger partial charge is 0.495 e. The lowest BCUT2D eigenvalue weighted by molar-refractivity contribution is -0.00521. The fourth-order valence-corrected chi connectivity index (χ4v) is 8.00. The third-order valence-corrected chi connectivity index (χ3v) is 10.6. The topological polar surface area (TPSA) is 68.3 Å². The predicted octanol–water partition coefficient (Wildman–Crippen LogP) is 6.40. The minimum absolute atomic E-state index is 0.203. The maximum absolute atomic E-state index is 13.2. The molecule has 0 spiro atoms. The molecular weight excluding hydrogens is 572 g/mol. The molecule has 1 unspecified atom stereocenters. The van der Waals surface area contributed by atoms with Crippen LogP contribution in [0, 0.1) is 0 Å². The SMILES string of the molecule is CO/C1=C(c2ccc(N3CC(C)O[C@@H](C)C3)cc2)/C=C\CCCc2c1cccc2-c1ccc(S(=O)(=O)N2CCOCC2)cc1. The zero-order chi connectivity index (χ0) is 30.7. The van der Waals surface area contributed by atoms with Gasteiger partial charge in [0, 0.05) is 43.0 Å². The summed E-state index contributed by atoms with van der Waals surface area (Å²) in [5.41, 5.74) is 7.72. The van der Waals surface area contributed by atoms with E-state index < -0.39 is 10.0 Å². The maximum Gasteiger partial charge on any atom is 0.243 e. The van der Waals surface area contributed by atoms with E-state index in [2.05, 4.69) is 73.4 Å². The first-order valence-corrected chi connectivity index (χ1v) is 17.1. The van der Waals surface area contributed by atoms with Gasteiger partial charge in [-0.3, -0.25) is 0 Å². The Morgan fingerprint density at radius 2 is 1.50 bits per heavy atom. The van der Waals surface area contributed by atoms with Crippen molar-refractivity contribution < 1.29 is 22.6 Å².